The van der Waals surface area contributed by atoms with E-state index in [0.29, 0.717) is 0 Å². The molecule has 1 fully saturated rings. The van der Waals surface area contributed by atoms with Gasteiger partial charge in [0.15, 0.2) is 0 Å². The Kier molecular flexibility index (Phi) is 9.46. The minimum atomic E-state index is -5.68. The highest BCUT2D eigenvalue weighted by molar-refractivity contribution is 7.53. The average molecular weight is 248 g/mol. The molecule has 1 aliphatic carbocycles. The van der Waals surface area contributed by atoms with Gasteiger partial charge in [0, 0.05) is 6.92 Å². The number of hydrogen-bond donors (Lipinski definition) is 1. The van der Waals surface area contributed by atoms with Gasteiger partial charge in [-0.05, 0) is 0 Å². The van der Waals surface area contributed by atoms with Crippen molar-refractivity contribution in [2.45, 2.75) is 58.5 Å². The normalized spacial score (nSPS) is 18.3. The van der Waals surface area contributed by atoms with E-state index in [4.69, 9.17) is 4.89 Å². The molecular weight excluding hydrogens is 228 g/mol. The molecule has 1 N–H and O–H groups in total. The third kappa shape index (κ3) is 11.9. The first kappa shape index (κ1) is 17.4. The first-order valence-corrected chi connectivity index (χ1v) is 6.62. The zero-order chi connectivity index (χ0) is 12.5. The van der Waals surface area contributed by atoms with Gasteiger partial charge >= 0.3 is 13.3 Å². The molecule has 0 amide bonds. The molecule has 15 heavy (non-hydrogen) atoms. The Morgan fingerprint density at radius 1 is 1.20 bits per heavy atom. The van der Waals surface area contributed by atoms with Gasteiger partial charge in [0.1, 0.15) is 0 Å². The van der Waals surface area contributed by atoms with Gasteiger partial charge in [-0.15, -0.1) is 0 Å². The highest BCUT2D eigenvalue weighted by atomic mass is 31.2. The molecule has 1 aliphatic rings. The van der Waals surface area contributed by atoms with Crippen LogP contribution in [-0.4, -0.2) is 10.6 Å². The van der Waals surface area contributed by atoms with Crippen LogP contribution in [-0.2, 0) is 4.57 Å². The Labute approximate surface area is 89.5 Å². The highest BCUT2D eigenvalue weighted by Crippen LogP contribution is 2.57. The number of rotatable bonds is 1. The van der Waals surface area contributed by atoms with Crippen molar-refractivity contribution in [3.8, 4) is 0 Å². The van der Waals surface area contributed by atoms with Gasteiger partial charge in [0.2, 0.25) is 0 Å². The van der Waals surface area contributed by atoms with E-state index < -0.39 is 13.3 Å². The fourth-order valence-electron chi connectivity index (χ4n) is 0.250. The summed E-state index contributed by atoms with van der Waals surface area (Å²) in [4.78, 5) is 7.49. The molecule has 1 rings (SSSR count). The molecule has 0 heterocycles. The third-order valence-corrected chi connectivity index (χ3v) is 2.45. The van der Waals surface area contributed by atoms with Crippen LogP contribution in [0.3, 0.4) is 0 Å². The van der Waals surface area contributed by atoms with E-state index in [-0.39, 0.29) is 6.92 Å². The largest absolute Gasteiger partial charge is 0.432 e. The molecule has 0 bridgehead atoms. The van der Waals surface area contributed by atoms with Crippen molar-refractivity contribution in [3.63, 3.8) is 0 Å². The van der Waals surface area contributed by atoms with Crippen LogP contribution >= 0.6 is 7.68 Å². The van der Waals surface area contributed by atoms with Crippen LogP contribution in [0.2, 0.25) is 0 Å². The van der Waals surface area contributed by atoms with Gasteiger partial charge in [0.05, 0.1) is 0 Å². The second-order valence-corrected chi connectivity index (χ2v) is 5.25. The first-order valence-electron chi connectivity index (χ1n) is 5.07. The van der Waals surface area contributed by atoms with E-state index in [0.717, 1.165) is 0 Å². The summed E-state index contributed by atoms with van der Waals surface area (Å²) in [5.74, 6) is 0. The van der Waals surface area contributed by atoms with Crippen LogP contribution < -0.4 is 0 Å². The highest BCUT2D eigenvalue weighted by Gasteiger charge is 2.45. The smallest absolute Gasteiger partial charge is 0.317 e. The predicted molar refractivity (Wildman–Crippen MR) is 56.0 cm³/mol. The van der Waals surface area contributed by atoms with Gasteiger partial charge in [-0.1, -0.05) is 46.0 Å². The van der Waals surface area contributed by atoms with Crippen LogP contribution in [0.25, 0.3) is 0 Å². The van der Waals surface area contributed by atoms with Gasteiger partial charge in [0.25, 0.3) is 0 Å². The standard InChI is InChI=1S/C4H8.C3H8.C2H4F3O2P/c1-2-4-3-1;1-3-2;1-2(3,4)8(5,6)7/h1-4H2;3H2,1-2H3;1H3,(H,6,7). The Hall–Kier alpha value is -0.0200. The van der Waals surface area contributed by atoms with Crippen molar-refractivity contribution in [2.24, 2.45) is 0 Å². The molecule has 0 aromatic rings. The summed E-state index contributed by atoms with van der Waals surface area (Å²) in [5, 5.41) is 0. The zero-order valence-electron chi connectivity index (χ0n) is 9.47. The third-order valence-electron chi connectivity index (χ3n) is 1.48. The molecule has 2 nitrogen and oxygen atoms in total. The van der Waals surface area contributed by atoms with Crippen molar-refractivity contribution in [1.29, 1.82) is 0 Å². The minimum Gasteiger partial charge on any atom is -0.317 e. The lowest BCUT2D eigenvalue weighted by atomic mass is 10.0. The summed E-state index contributed by atoms with van der Waals surface area (Å²) in [7, 11) is -5.68. The summed E-state index contributed by atoms with van der Waals surface area (Å²) in [6, 6.07) is 0. The summed E-state index contributed by atoms with van der Waals surface area (Å²) in [6.07, 6.45) is 7.25. The molecule has 1 saturated carbocycles. The summed E-state index contributed by atoms with van der Waals surface area (Å²) in [5.41, 5.74) is -4.12. The van der Waals surface area contributed by atoms with Crippen molar-refractivity contribution in [1.82, 2.24) is 0 Å². The topological polar surface area (TPSA) is 37.3 Å². The van der Waals surface area contributed by atoms with E-state index in [2.05, 4.69) is 13.8 Å². The molecule has 0 aromatic carbocycles. The molecule has 0 aromatic heterocycles. The Bertz CT molecular complexity index is 178. The van der Waals surface area contributed by atoms with Gasteiger partial charge < -0.3 is 4.89 Å². The average Bonchev–Trinajstić information content (AvgIpc) is 1.78. The fraction of sp³-hybridized carbons (Fsp3) is 1.00. The van der Waals surface area contributed by atoms with Crippen molar-refractivity contribution < 1.29 is 22.4 Å². The molecule has 0 spiro atoms. The van der Waals surface area contributed by atoms with Crippen molar-refractivity contribution >= 4 is 7.68 Å². The Balaban J connectivity index is 0. The van der Waals surface area contributed by atoms with Gasteiger partial charge in [-0.25, -0.2) is 4.57 Å². The molecule has 0 aliphatic heterocycles. The summed E-state index contributed by atoms with van der Waals surface area (Å²) < 4.78 is 43.3. The predicted octanol–water partition coefficient (Wildman–Crippen LogP) is 4.73. The number of hydrogen-bond acceptors (Lipinski definition) is 1. The van der Waals surface area contributed by atoms with E-state index in [1.54, 1.807) is 0 Å². The van der Waals surface area contributed by atoms with Crippen LogP contribution in [0.5, 0.6) is 0 Å². The minimum absolute atomic E-state index is 0.0494. The van der Waals surface area contributed by atoms with E-state index in [1.807, 2.05) is 0 Å². The van der Waals surface area contributed by atoms with Crippen LogP contribution in [0.1, 0.15) is 52.9 Å². The molecular formula is C9H20F3O2P. The molecule has 1 atom stereocenters. The lowest BCUT2D eigenvalue weighted by molar-refractivity contribution is 0.0873. The maximum atomic E-state index is 11.3. The quantitative estimate of drug-likeness (QED) is 0.681. The molecule has 0 saturated heterocycles. The Morgan fingerprint density at radius 2 is 1.33 bits per heavy atom. The lowest BCUT2D eigenvalue weighted by Crippen LogP contribution is -2.06. The van der Waals surface area contributed by atoms with Gasteiger partial charge in [-0.2, -0.15) is 13.0 Å². The maximum Gasteiger partial charge on any atom is 0.432 e. The molecule has 94 valence electrons. The maximum absolute atomic E-state index is 11.3. The summed E-state index contributed by atoms with van der Waals surface area (Å²) in [6.45, 7) is 4.30. The van der Waals surface area contributed by atoms with Crippen LogP contribution in [0.15, 0.2) is 0 Å². The second kappa shape index (κ2) is 8.17. The number of alkyl halides is 2. The SMILES string of the molecule is C1CCC1.CC(F)(F)P(=O)(O)F.CCC. The number of halogens is 3. The van der Waals surface area contributed by atoms with E-state index >= 15 is 0 Å². The molecule has 1 unspecified atom stereocenters. The van der Waals surface area contributed by atoms with Crippen molar-refractivity contribution in [3.05, 3.63) is 0 Å². The van der Waals surface area contributed by atoms with Crippen molar-refractivity contribution in [2.75, 3.05) is 0 Å². The Morgan fingerprint density at radius 3 is 1.33 bits per heavy atom. The lowest BCUT2D eigenvalue weighted by Gasteiger charge is -2.07. The second-order valence-electron chi connectivity index (χ2n) is 3.47. The molecule has 0 radical (unpaired) electrons. The van der Waals surface area contributed by atoms with Crippen LogP contribution in [0.4, 0.5) is 13.0 Å². The zero-order valence-corrected chi connectivity index (χ0v) is 10.4. The van der Waals surface area contributed by atoms with Crippen LogP contribution in [0, 0.1) is 0 Å². The van der Waals surface area contributed by atoms with E-state index in [1.165, 1.54) is 32.1 Å². The first-order chi connectivity index (χ1) is 6.66. The monoisotopic (exact) mass is 248 g/mol. The summed E-state index contributed by atoms with van der Waals surface area (Å²) >= 11 is 0. The fourth-order valence-corrected chi connectivity index (χ4v) is 0.250. The molecule has 6 heteroatoms. The van der Waals surface area contributed by atoms with Gasteiger partial charge in [-0.3, -0.25) is 0 Å². The van der Waals surface area contributed by atoms with E-state index in [9.17, 15) is 17.5 Å².